The van der Waals surface area contributed by atoms with Gasteiger partial charge in [-0.25, -0.2) is 0 Å². The van der Waals surface area contributed by atoms with Crippen LogP contribution in [-0.4, -0.2) is 41.9 Å². The van der Waals surface area contributed by atoms with Crippen molar-refractivity contribution >= 4 is 11.8 Å². The van der Waals surface area contributed by atoms with E-state index in [9.17, 15) is 9.59 Å². The molecule has 1 N–H and O–H groups in total. The first-order valence-electron chi connectivity index (χ1n) is 7.33. The summed E-state index contributed by atoms with van der Waals surface area (Å²) in [5.41, 5.74) is 0. The number of benzene rings is 1. The molecule has 1 atom stereocenters. The molecule has 0 aliphatic carbocycles. The number of rotatable bonds is 6. The molecule has 1 saturated heterocycles. The minimum absolute atomic E-state index is 0.0747. The normalized spacial score (nSPS) is 18.1. The maximum absolute atomic E-state index is 11.9. The predicted molar refractivity (Wildman–Crippen MR) is 80.0 cm³/mol. The van der Waals surface area contributed by atoms with Crippen molar-refractivity contribution in [2.24, 2.45) is 0 Å². The van der Waals surface area contributed by atoms with E-state index in [1.807, 2.05) is 44.2 Å². The Labute approximate surface area is 125 Å². The third kappa shape index (κ3) is 4.48. The summed E-state index contributed by atoms with van der Waals surface area (Å²) in [6, 6.07) is 9.50. The number of nitrogens with one attached hydrogen (secondary N) is 1. The van der Waals surface area contributed by atoms with E-state index in [0.29, 0.717) is 26.0 Å². The first-order valence-corrected chi connectivity index (χ1v) is 7.33. The number of nitrogens with zero attached hydrogens (tertiary/aromatic N) is 1. The fourth-order valence-corrected chi connectivity index (χ4v) is 2.41. The molecular formula is C16H22N2O3. The van der Waals surface area contributed by atoms with Gasteiger partial charge in [0.1, 0.15) is 5.75 Å². The van der Waals surface area contributed by atoms with E-state index in [-0.39, 0.29) is 23.9 Å². The number of amides is 2. The van der Waals surface area contributed by atoms with E-state index in [2.05, 4.69) is 5.32 Å². The summed E-state index contributed by atoms with van der Waals surface area (Å²) in [5, 5.41) is 2.90. The summed E-state index contributed by atoms with van der Waals surface area (Å²) >= 11 is 0. The van der Waals surface area contributed by atoms with E-state index < -0.39 is 0 Å². The van der Waals surface area contributed by atoms with Crippen LogP contribution in [0.3, 0.4) is 0 Å². The quantitative estimate of drug-likeness (QED) is 0.865. The van der Waals surface area contributed by atoms with Crippen LogP contribution in [0.5, 0.6) is 5.75 Å². The van der Waals surface area contributed by atoms with Gasteiger partial charge >= 0.3 is 0 Å². The third-order valence-corrected chi connectivity index (χ3v) is 3.49. The van der Waals surface area contributed by atoms with Gasteiger partial charge in [-0.2, -0.15) is 0 Å². The molecule has 1 aliphatic rings. The predicted octanol–water partition coefficient (Wildman–Crippen LogP) is 1.58. The molecule has 5 nitrogen and oxygen atoms in total. The first kappa shape index (κ1) is 15.4. The van der Waals surface area contributed by atoms with Crippen LogP contribution in [0.25, 0.3) is 0 Å². The lowest BCUT2D eigenvalue weighted by Gasteiger charge is -2.21. The van der Waals surface area contributed by atoms with Crippen molar-refractivity contribution in [1.82, 2.24) is 10.2 Å². The summed E-state index contributed by atoms with van der Waals surface area (Å²) in [6.07, 6.45) is 0.685. The third-order valence-electron chi connectivity index (χ3n) is 3.49. The van der Waals surface area contributed by atoms with Crippen LogP contribution in [0, 0.1) is 0 Å². The molecule has 0 saturated carbocycles. The van der Waals surface area contributed by atoms with Gasteiger partial charge in [0.25, 0.3) is 0 Å². The highest BCUT2D eigenvalue weighted by atomic mass is 16.5. The van der Waals surface area contributed by atoms with Crippen LogP contribution >= 0.6 is 0 Å². The van der Waals surface area contributed by atoms with Gasteiger partial charge in [0.05, 0.1) is 19.1 Å². The van der Waals surface area contributed by atoms with E-state index in [1.165, 1.54) is 0 Å². The van der Waals surface area contributed by atoms with Gasteiger partial charge in [0, 0.05) is 19.0 Å². The number of para-hydroxylation sites is 1. The van der Waals surface area contributed by atoms with Crippen molar-refractivity contribution < 1.29 is 14.3 Å². The zero-order chi connectivity index (χ0) is 15.2. The molecule has 0 radical (unpaired) electrons. The largest absolute Gasteiger partial charge is 0.493 e. The molecular weight excluding hydrogens is 268 g/mol. The van der Waals surface area contributed by atoms with Gasteiger partial charge in [-0.15, -0.1) is 0 Å². The first-order chi connectivity index (χ1) is 10.1. The standard InChI is InChI=1S/C16H22N2O3/c1-12(2)18-11-13(10-16(18)20)17-15(19)8-9-21-14-6-4-3-5-7-14/h3-7,12-13H,8-11H2,1-2H3,(H,17,19). The minimum atomic E-state index is -0.0795. The Kier molecular flexibility index (Phi) is 5.20. The Morgan fingerprint density at radius 1 is 1.38 bits per heavy atom. The summed E-state index contributed by atoms with van der Waals surface area (Å²) < 4.78 is 5.48. The lowest BCUT2D eigenvalue weighted by Crippen LogP contribution is -2.39. The fourth-order valence-electron chi connectivity index (χ4n) is 2.41. The molecule has 1 aromatic carbocycles. The smallest absolute Gasteiger partial charge is 0.225 e. The SMILES string of the molecule is CC(C)N1CC(NC(=O)CCOc2ccccc2)CC1=O. The van der Waals surface area contributed by atoms with Gasteiger partial charge in [0.2, 0.25) is 11.8 Å². The second-order valence-electron chi connectivity index (χ2n) is 5.52. The molecule has 1 heterocycles. The summed E-state index contributed by atoms with van der Waals surface area (Å²) in [6.45, 7) is 4.90. The Hall–Kier alpha value is -2.04. The highest BCUT2D eigenvalue weighted by Crippen LogP contribution is 2.14. The van der Waals surface area contributed by atoms with Gasteiger partial charge in [-0.3, -0.25) is 9.59 Å². The van der Waals surface area contributed by atoms with Gasteiger partial charge in [-0.05, 0) is 26.0 Å². The van der Waals surface area contributed by atoms with Crippen LogP contribution in [0.2, 0.25) is 0 Å². The van der Waals surface area contributed by atoms with Crippen LogP contribution in [0.4, 0.5) is 0 Å². The molecule has 1 unspecified atom stereocenters. The number of hydrogen-bond donors (Lipinski definition) is 1. The van der Waals surface area contributed by atoms with Gasteiger partial charge in [0.15, 0.2) is 0 Å². The van der Waals surface area contributed by atoms with Crippen molar-refractivity contribution in [1.29, 1.82) is 0 Å². The average molecular weight is 290 g/mol. The second-order valence-corrected chi connectivity index (χ2v) is 5.52. The second kappa shape index (κ2) is 7.11. The summed E-state index contributed by atoms with van der Waals surface area (Å²) in [5.74, 6) is 0.789. The molecule has 0 spiro atoms. The van der Waals surface area contributed by atoms with Crippen LogP contribution in [0.15, 0.2) is 30.3 Å². The van der Waals surface area contributed by atoms with E-state index in [0.717, 1.165) is 5.75 Å². The number of carbonyl (C=O) groups is 2. The molecule has 5 heteroatoms. The van der Waals surface area contributed by atoms with Gasteiger partial charge < -0.3 is 15.0 Å². The topological polar surface area (TPSA) is 58.6 Å². The molecule has 2 rings (SSSR count). The fraction of sp³-hybridized carbons (Fsp3) is 0.500. The Balaban J connectivity index is 1.69. The number of ether oxygens (including phenoxy) is 1. The van der Waals surface area contributed by atoms with Crippen LogP contribution < -0.4 is 10.1 Å². The van der Waals surface area contributed by atoms with Crippen molar-refractivity contribution in [3.63, 3.8) is 0 Å². The lowest BCUT2D eigenvalue weighted by molar-refractivity contribution is -0.129. The summed E-state index contributed by atoms with van der Waals surface area (Å²) in [4.78, 5) is 25.4. The Morgan fingerprint density at radius 3 is 2.71 bits per heavy atom. The zero-order valence-electron chi connectivity index (χ0n) is 12.5. The maximum Gasteiger partial charge on any atom is 0.225 e. The molecule has 0 bridgehead atoms. The van der Waals surface area contributed by atoms with Crippen molar-refractivity contribution in [3.8, 4) is 5.75 Å². The zero-order valence-corrected chi connectivity index (χ0v) is 12.5. The lowest BCUT2D eigenvalue weighted by atomic mass is 10.2. The molecule has 1 aromatic rings. The number of likely N-dealkylation sites (tertiary alicyclic amines) is 1. The summed E-state index contributed by atoms with van der Waals surface area (Å²) in [7, 11) is 0. The number of hydrogen-bond acceptors (Lipinski definition) is 3. The molecule has 1 fully saturated rings. The Morgan fingerprint density at radius 2 is 2.10 bits per heavy atom. The van der Waals surface area contributed by atoms with Crippen LogP contribution in [0.1, 0.15) is 26.7 Å². The maximum atomic E-state index is 11.9. The molecule has 1 aliphatic heterocycles. The highest BCUT2D eigenvalue weighted by molar-refractivity contribution is 5.82. The minimum Gasteiger partial charge on any atom is -0.493 e. The van der Waals surface area contributed by atoms with Crippen LogP contribution in [-0.2, 0) is 9.59 Å². The molecule has 0 aromatic heterocycles. The Bertz CT molecular complexity index is 488. The molecule has 2 amide bonds. The monoisotopic (exact) mass is 290 g/mol. The highest BCUT2D eigenvalue weighted by Gasteiger charge is 2.31. The molecule has 114 valence electrons. The van der Waals surface area contributed by atoms with Crippen molar-refractivity contribution in [3.05, 3.63) is 30.3 Å². The van der Waals surface area contributed by atoms with E-state index in [1.54, 1.807) is 4.90 Å². The van der Waals surface area contributed by atoms with E-state index >= 15 is 0 Å². The van der Waals surface area contributed by atoms with E-state index in [4.69, 9.17) is 4.74 Å². The van der Waals surface area contributed by atoms with Crippen molar-refractivity contribution in [2.45, 2.75) is 38.8 Å². The number of carbonyl (C=O) groups excluding carboxylic acids is 2. The molecule has 21 heavy (non-hydrogen) atoms. The van der Waals surface area contributed by atoms with Crippen molar-refractivity contribution in [2.75, 3.05) is 13.2 Å². The van der Waals surface area contributed by atoms with Gasteiger partial charge in [-0.1, -0.05) is 18.2 Å². The average Bonchev–Trinajstić information content (AvgIpc) is 2.81.